The lowest BCUT2D eigenvalue weighted by Crippen LogP contribution is -2.23. The predicted molar refractivity (Wildman–Crippen MR) is 89.0 cm³/mol. The van der Waals surface area contributed by atoms with Crippen LogP contribution in [0.4, 0.5) is 16.2 Å². The van der Waals surface area contributed by atoms with Crippen molar-refractivity contribution in [3.63, 3.8) is 0 Å². The Kier molecular flexibility index (Phi) is 4.02. The summed E-state index contributed by atoms with van der Waals surface area (Å²) >= 11 is 0. The van der Waals surface area contributed by atoms with E-state index in [0.717, 1.165) is 22.5 Å². The fraction of sp³-hybridized carbons (Fsp3) is 0.222. The molecule has 118 valence electrons. The minimum absolute atomic E-state index is 0.175. The van der Waals surface area contributed by atoms with E-state index in [9.17, 15) is 9.59 Å². The Morgan fingerprint density at radius 1 is 1.09 bits per heavy atom. The highest BCUT2D eigenvalue weighted by molar-refractivity contribution is 6.04. The average molecular weight is 310 g/mol. The summed E-state index contributed by atoms with van der Waals surface area (Å²) in [5.41, 5.74) is 4.25. The molecule has 2 aromatic carbocycles. The van der Waals surface area contributed by atoms with Crippen LogP contribution in [0.3, 0.4) is 0 Å². The average Bonchev–Trinajstić information content (AvgIpc) is 2.92. The molecule has 0 saturated carbocycles. The Morgan fingerprint density at radius 2 is 1.74 bits per heavy atom. The molecule has 1 heterocycles. The molecule has 23 heavy (non-hydrogen) atoms. The van der Waals surface area contributed by atoms with Crippen LogP contribution in [0.2, 0.25) is 0 Å². The minimum Gasteiger partial charge on any atom is -0.447 e. The lowest BCUT2D eigenvalue weighted by atomic mass is 10.1. The van der Waals surface area contributed by atoms with E-state index in [4.69, 9.17) is 4.74 Å². The molecule has 1 saturated heterocycles. The van der Waals surface area contributed by atoms with E-state index in [0.29, 0.717) is 18.7 Å². The van der Waals surface area contributed by atoms with Gasteiger partial charge in [-0.1, -0.05) is 6.07 Å². The lowest BCUT2D eigenvalue weighted by Gasteiger charge is -2.13. The van der Waals surface area contributed by atoms with Crippen LogP contribution in [-0.2, 0) is 4.74 Å². The first-order valence-electron chi connectivity index (χ1n) is 7.47. The Balaban J connectivity index is 1.73. The van der Waals surface area contributed by atoms with Gasteiger partial charge in [-0.25, -0.2) is 4.79 Å². The van der Waals surface area contributed by atoms with Crippen molar-refractivity contribution in [2.45, 2.75) is 13.8 Å². The van der Waals surface area contributed by atoms with Crippen LogP contribution in [0, 0.1) is 13.8 Å². The van der Waals surface area contributed by atoms with Crippen LogP contribution in [0.15, 0.2) is 42.5 Å². The van der Waals surface area contributed by atoms with Gasteiger partial charge in [0.2, 0.25) is 0 Å². The molecule has 2 amide bonds. The molecule has 5 nitrogen and oxygen atoms in total. The quantitative estimate of drug-likeness (QED) is 0.943. The van der Waals surface area contributed by atoms with Gasteiger partial charge in [0.1, 0.15) is 6.61 Å². The first-order chi connectivity index (χ1) is 11.0. The van der Waals surface area contributed by atoms with Gasteiger partial charge in [0.05, 0.1) is 6.54 Å². The number of nitrogens with one attached hydrogen (secondary N) is 1. The first kappa shape index (κ1) is 15.1. The molecule has 0 bridgehead atoms. The highest BCUT2D eigenvalue weighted by Gasteiger charge is 2.23. The summed E-state index contributed by atoms with van der Waals surface area (Å²) in [7, 11) is 0. The monoisotopic (exact) mass is 310 g/mol. The third kappa shape index (κ3) is 3.34. The number of carbonyl (C=O) groups excluding carboxylic acids is 2. The number of rotatable bonds is 3. The van der Waals surface area contributed by atoms with Crippen LogP contribution in [0.25, 0.3) is 0 Å². The van der Waals surface area contributed by atoms with E-state index in [2.05, 4.69) is 11.4 Å². The van der Waals surface area contributed by atoms with Crippen molar-refractivity contribution in [2.24, 2.45) is 0 Å². The fourth-order valence-corrected chi connectivity index (χ4v) is 2.67. The molecular weight excluding hydrogens is 292 g/mol. The van der Waals surface area contributed by atoms with Crippen molar-refractivity contribution in [1.82, 2.24) is 0 Å². The molecule has 1 aliphatic heterocycles. The van der Waals surface area contributed by atoms with Gasteiger partial charge < -0.3 is 10.1 Å². The molecule has 2 aromatic rings. The molecule has 0 aromatic heterocycles. The van der Waals surface area contributed by atoms with Gasteiger partial charge in [-0.05, 0) is 61.4 Å². The van der Waals surface area contributed by atoms with Gasteiger partial charge in [0.25, 0.3) is 5.91 Å². The van der Waals surface area contributed by atoms with Crippen molar-refractivity contribution in [2.75, 3.05) is 23.4 Å². The van der Waals surface area contributed by atoms with Gasteiger partial charge >= 0.3 is 6.09 Å². The van der Waals surface area contributed by atoms with E-state index < -0.39 is 0 Å². The van der Waals surface area contributed by atoms with E-state index >= 15 is 0 Å². The highest BCUT2D eigenvalue weighted by Crippen LogP contribution is 2.20. The molecular formula is C18H18N2O3. The Morgan fingerprint density at radius 3 is 2.30 bits per heavy atom. The number of aryl methyl sites for hydroxylation is 2. The first-order valence-corrected chi connectivity index (χ1v) is 7.47. The summed E-state index contributed by atoms with van der Waals surface area (Å²) in [5.74, 6) is -0.175. The summed E-state index contributed by atoms with van der Waals surface area (Å²) in [4.78, 5) is 25.4. The summed E-state index contributed by atoms with van der Waals surface area (Å²) in [5, 5.41) is 2.89. The lowest BCUT2D eigenvalue weighted by molar-refractivity contribution is 0.102. The van der Waals surface area contributed by atoms with E-state index in [1.807, 2.05) is 26.0 Å². The largest absolute Gasteiger partial charge is 0.447 e. The Hall–Kier alpha value is -2.82. The zero-order valence-corrected chi connectivity index (χ0v) is 13.1. The molecule has 0 aliphatic carbocycles. The SMILES string of the molecule is Cc1cc(C)cc(NC(=O)c2ccc(N3CCOC3=O)cc2)c1. The molecule has 0 spiro atoms. The third-order valence-electron chi connectivity index (χ3n) is 3.68. The summed E-state index contributed by atoms with van der Waals surface area (Å²) in [6.45, 7) is 4.92. The topological polar surface area (TPSA) is 58.6 Å². The van der Waals surface area contributed by atoms with E-state index in [-0.39, 0.29) is 12.0 Å². The molecule has 0 atom stereocenters. The zero-order valence-electron chi connectivity index (χ0n) is 13.1. The summed E-state index contributed by atoms with van der Waals surface area (Å²) < 4.78 is 4.91. The number of anilines is 2. The number of cyclic esters (lactones) is 1. The number of hydrogen-bond donors (Lipinski definition) is 1. The zero-order chi connectivity index (χ0) is 16.4. The molecule has 5 heteroatoms. The Labute approximate surface area is 134 Å². The van der Waals surface area contributed by atoms with E-state index in [1.165, 1.54) is 0 Å². The maximum Gasteiger partial charge on any atom is 0.414 e. The van der Waals surface area contributed by atoms with Crippen molar-refractivity contribution in [3.05, 3.63) is 59.2 Å². The standard InChI is InChI=1S/C18H18N2O3/c1-12-9-13(2)11-15(10-12)19-17(21)14-3-5-16(6-4-14)20-7-8-23-18(20)22/h3-6,9-11H,7-8H2,1-2H3,(H,19,21). The second-order valence-corrected chi connectivity index (χ2v) is 5.64. The number of nitrogens with zero attached hydrogens (tertiary/aromatic N) is 1. The van der Waals surface area contributed by atoms with Gasteiger partial charge in [0, 0.05) is 16.9 Å². The van der Waals surface area contributed by atoms with Crippen LogP contribution >= 0.6 is 0 Å². The molecule has 0 radical (unpaired) electrons. The molecule has 1 fully saturated rings. The number of benzene rings is 2. The van der Waals surface area contributed by atoms with Crippen molar-refractivity contribution >= 4 is 23.4 Å². The molecule has 0 unspecified atom stereocenters. The maximum absolute atomic E-state index is 12.3. The maximum atomic E-state index is 12.3. The van der Waals surface area contributed by atoms with Crippen LogP contribution in [0.5, 0.6) is 0 Å². The second kappa shape index (κ2) is 6.12. The third-order valence-corrected chi connectivity index (χ3v) is 3.68. The molecule has 1 aliphatic rings. The van der Waals surface area contributed by atoms with E-state index in [1.54, 1.807) is 29.2 Å². The predicted octanol–water partition coefficient (Wildman–Crippen LogP) is 3.51. The normalized spacial score (nSPS) is 13.8. The van der Waals surface area contributed by atoms with Crippen molar-refractivity contribution < 1.29 is 14.3 Å². The van der Waals surface area contributed by atoms with Gasteiger partial charge in [0.15, 0.2) is 0 Å². The number of amides is 2. The second-order valence-electron chi connectivity index (χ2n) is 5.64. The fourth-order valence-electron chi connectivity index (χ4n) is 2.67. The van der Waals surface area contributed by atoms with Crippen LogP contribution in [-0.4, -0.2) is 25.2 Å². The number of carbonyl (C=O) groups is 2. The Bertz CT molecular complexity index is 733. The van der Waals surface area contributed by atoms with Crippen LogP contribution in [0.1, 0.15) is 21.5 Å². The van der Waals surface area contributed by atoms with Gasteiger partial charge in [-0.15, -0.1) is 0 Å². The van der Waals surface area contributed by atoms with Gasteiger partial charge in [-0.2, -0.15) is 0 Å². The van der Waals surface area contributed by atoms with Crippen molar-refractivity contribution in [3.8, 4) is 0 Å². The van der Waals surface area contributed by atoms with Gasteiger partial charge in [-0.3, -0.25) is 9.69 Å². The molecule has 1 N–H and O–H groups in total. The highest BCUT2D eigenvalue weighted by atomic mass is 16.6. The minimum atomic E-state index is -0.350. The number of ether oxygens (including phenoxy) is 1. The van der Waals surface area contributed by atoms with Crippen LogP contribution < -0.4 is 10.2 Å². The summed E-state index contributed by atoms with van der Waals surface area (Å²) in [6.07, 6.45) is -0.350. The number of hydrogen-bond acceptors (Lipinski definition) is 3. The summed E-state index contributed by atoms with van der Waals surface area (Å²) in [6, 6.07) is 12.8. The van der Waals surface area contributed by atoms with Crippen molar-refractivity contribution in [1.29, 1.82) is 0 Å². The molecule has 3 rings (SSSR count). The smallest absolute Gasteiger partial charge is 0.414 e.